The van der Waals surface area contributed by atoms with E-state index < -0.39 is 0 Å². The number of hydrogen-bond acceptors (Lipinski definition) is 0. The Bertz CT molecular complexity index is 4210. The van der Waals surface area contributed by atoms with Crippen molar-refractivity contribution < 1.29 is 0 Å². The summed E-state index contributed by atoms with van der Waals surface area (Å²) in [7, 11) is 0. The molecule has 0 saturated carbocycles. The molecule has 0 bridgehead atoms. The minimum absolute atomic E-state index is 1.14. The van der Waals surface area contributed by atoms with Crippen molar-refractivity contribution in [3.8, 4) is 78.4 Å². The van der Waals surface area contributed by atoms with Crippen LogP contribution >= 0.6 is 0 Å². The summed E-state index contributed by atoms with van der Waals surface area (Å²) in [5.41, 5.74) is 26.1. The molecule has 4 nitrogen and oxygen atoms in total. The van der Waals surface area contributed by atoms with E-state index in [0.29, 0.717) is 0 Å². The van der Waals surface area contributed by atoms with E-state index >= 15 is 0 Å². The summed E-state index contributed by atoms with van der Waals surface area (Å²) in [6.07, 6.45) is 4.00. The summed E-state index contributed by atoms with van der Waals surface area (Å²) in [6, 6.07) is 93.6. The average Bonchev–Trinajstić information content (AvgIpc) is 1.98. The second-order valence-electron chi connectivity index (χ2n) is 21.1. The number of aromatic nitrogens is 4. The predicted octanol–water partition coefficient (Wildman–Crippen LogP) is 22.7. The molecule has 84 heavy (non-hydrogen) atoms. The van der Waals surface area contributed by atoms with Gasteiger partial charge in [-0.15, -0.1) is 0 Å². The number of fused-ring (bicyclic) bond motifs is 6. The van der Waals surface area contributed by atoms with Crippen LogP contribution in [0.5, 0.6) is 0 Å². The molecule has 0 aliphatic carbocycles. The van der Waals surface area contributed by atoms with E-state index in [1.165, 1.54) is 122 Å². The third-order valence-electron chi connectivity index (χ3n) is 15.9. The molecule has 14 rings (SSSR count). The number of hydrogen-bond donors (Lipinski definition) is 0. The number of aryl methyl sites for hydroxylation is 4. The smallest absolute Gasteiger partial charge is 0.0625 e. The van der Waals surface area contributed by atoms with Crippen molar-refractivity contribution >= 4 is 43.6 Å². The maximum Gasteiger partial charge on any atom is 0.0625 e. The van der Waals surface area contributed by atoms with Gasteiger partial charge < -0.3 is 18.3 Å². The molecular formula is C80H74N4. The summed E-state index contributed by atoms with van der Waals surface area (Å²) in [4.78, 5) is 0. The number of nitrogens with zero attached hydrogens (tertiary/aromatic N) is 4. The standard InChI is InChI=1S/C72H54N4.C4H8.2C2H6/c1-47-35-57-31-33-69-67(37-49(3)73(69)65-43-59(51-19-9-5-10-20-51)39-60(44-65)52-21-11-6-12-22-52)71(57)75(47)63-29-17-27-55(41-63)56-28-18-30-64(42-56)76-48(2)36-58-32-34-70-68(72(58)76)38-50(4)74(70)66-45-61(53-23-13-7-14-24-53)40-62(46-66)54-25-15-8-16-26-54;1-3-4-2;2*1-2/h5-46H,1-4H3;3-4H,1-2H3;2*1-2H3/b;4-3+;;. The molecular weight excluding hydrogens is 1020 g/mol. The van der Waals surface area contributed by atoms with E-state index in [2.05, 4.69) is 301 Å². The molecule has 14 aromatic rings. The van der Waals surface area contributed by atoms with Gasteiger partial charge in [-0.1, -0.05) is 198 Å². The Morgan fingerprint density at radius 3 is 0.833 bits per heavy atom. The summed E-state index contributed by atoms with van der Waals surface area (Å²) in [6.45, 7) is 20.9. The third kappa shape index (κ3) is 10.6. The summed E-state index contributed by atoms with van der Waals surface area (Å²) < 4.78 is 9.78. The molecule has 0 radical (unpaired) electrons. The normalized spacial score (nSPS) is 11.2. The maximum absolute atomic E-state index is 2.45. The van der Waals surface area contributed by atoms with Gasteiger partial charge in [0.05, 0.1) is 22.1 Å². The highest BCUT2D eigenvalue weighted by atomic mass is 15.0. The van der Waals surface area contributed by atoms with Crippen molar-refractivity contribution in [1.29, 1.82) is 0 Å². The highest BCUT2D eigenvalue weighted by molar-refractivity contribution is 6.09. The van der Waals surface area contributed by atoms with E-state index in [0.717, 1.165) is 22.7 Å². The van der Waals surface area contributed by atoms with E-state index in [-0.39, 0.29) is 0 Å². The molecule has 0 aliphatic rings. The van der Waals surface area contributed by atoms with Gasteiger partial charge in [0.2, 0.25) is 0 Å². The first-order valence-corrected chi connectivity index (χ1v) is 29.8. The lowest BCUT2D eigenvalue weighted by molar-refractivity contribution is 1.05. The zero-order chi connectivity index (χ0) is 58.4. The molecule has 0 fully saturated rings. The first kappa shape index (κ1) is 56.0. The fraction of sp³-hybridized carbons (Fsp3) is 0.125. The zero-order valence-corrected chi connectivity index (χ0v) is 50.2. The topological polar surface area (TPSA) is 19.7 Å². The van der Waals surface area contributed by atoms with E-state index in [1.54, 1.807) is 0 Å². The molecule has 0 unspecified atom stereocenters. The van der Waals surface area contributed by atoms with Crippen LogP contribution in [0.2, 0.25) is 0 Å². The SMILES string of the molecule is C/C=C/C.CC.CC.Cc1cc2c(ccc3cc(C)n(-c4cccc(-c5cccc(-n6c(C)cc7ccc8c(cc(C)n8-c8cc(-c9ccccc9)cc(-c9ccccc9)c8)c76)c5)c4)c32)n1-c1cc(-c2ccccc2)cc(-c2ccccc2)c1. The number of benzene rings is 10. The van der Waals surface area contributed by atoms with Crippen molar-refractivity contribution in [2.24, 2.45) is 0 Å². The Morgan fingerprint density at radius 1 is 0.238 bits per heavy atom. The molecule has 0 spiro atoms. The van der Waals surface area contributed by atoms with E-state index in [4.69, 9.17) is 0 Å². The monoisotopic (exact) mass is 1090 g/mol. The Labute approximate surface area is 496 Å². The second-order valence-corrected chi connectivity index (χ2v) is 21.1. The van der Waals surface area contributed by atoms with Crippen LogP contribution in [0.1, 0.15) is 64.3 Å². The van der Waals surface area contributed by atoms with Crippen LogP contribution in [0.3, 0.4) is 0 Å². The largest absolute Gasteiger partial charge is 0.314 e. The predicted molar refractivity (Wildman–Crippen MR) is 363 cm³/mol. The van der Waals surface area contributed by atoms with Crippen LogP contribution in [0.15, 0.2) is 267 Å². The molecule has 4 heteroatoms. The van der Waals surface area contributed by atoms with Gasteiger partial charge in [-0.05, 0) is 194 Å². The van der Waals surface area contributed by atoms with Crippen LogP contribution < -0.4 is 0 Å². The van der Waals surface area contributed by atoms with Gasteiger partial charge >= 0.3 is 0 Å². The molecule has 0 aliphatic heterocycles. The van der Waals surface area contributed by atoms with Gasteiger partial charge in [0.25, 0.3) is 0 Å². The Morgan fingerprint density at radius 2 is 0.524 bits per heavy atom. The molecule has 4 aromatic heterocycles. The quantitative estimate of drug-likeness (QED) is 0.128. The highest BCUT2D eigenvalue weighted by Gasteiger charge is 2.21. The molecule has 0 saturated heterocycles. The lowest BCUT2D eigenvalue weighted by Crippen LogP contribution is -1.99. The summed E-state index contributed by atoms with van der Waals surface area (Å²) in [5, 5.41) is 4.91. The first-order valence-electron chi connectivity index (χ1n) is 29.8. The fourth-order valence-electron chi connectivity index (χ4n) is 12.2. The molecule has 4 heterocycles. The van der Waals surface area contributed by atoms with Crippen molar-refractivity contribution in [2.75, 3.05) is 0 Å². The van der Waals surface area contributed by atoms with Crippen molar-refractivity contribution in [2.45, 2.75) is 69.2 Å². The third-order valence-corrected chi connectivity index (χ3v) is 15.9. The number of rotatable bonds is 9. The first-order chi connectivity index (χ1) is 41.2. The van der Waals surface area contributed by atoms with Gasteiger partial charge in [0, 0.05) is 67.1 Å². The van der Waals surface area contributed by atoms with Gasteiger partial charge in [-0.3, -0.25) is 0 Å². The minimum atomic E-state index is 1.14. The lowest BCUT2D eigenvalue weighted by Gasteiger charge is -2.15. The van der Waals surface area contributed by atoms with Gasteiger partial charge in [0.15, 0.2) is 0 Å². The Hall–Kier alpha value is -9.90. The van der Waals surface area contributed by atoms with Crippen LogP contribution in [0.4, 0.5) is 0 Å². The molecule has 0 atom stereocenters. The highest BCUT2D eigenvalue weighted by Crippen LogP contribution is 2.40. The fourth-order valence-corrected chi connectivity index (χ4v) is 12.2. The number of allylic oxidation sites excluding steroid dienone is 2. The van der Waals surface area contributed by atoms with Crippen LogP contribution in [0.25, 0.3) is 122 Å². The average molecular weight is 1090 g/mol. The van der Waals surface area contributed by atoms with Crippen LogP contribution in [0, 0.1) is 27.7 Å². The molecule has 10 aromatic carbocycles. The Kier molecular flexibility index (Phi) is 16.4. The van der Waals surface area contributed by atoms with Gasteiger partial charge in [-0.25, -0.2) is 0 Å². The van der Waals surface area contributed by atoms with Crippen molar-refractivity contribution in [1.82, 2.24) is 18.3 Å². The van der Waals surface area contributed by atoms with Crippen LogP contribution in [-0.4, -0.2) is 18.3 Å². The Balaban J connectivity index is 0.000000876. The van der Waals surface area contributed by atoms with Gasteiger partial charge in [0.1, 0.15) is 0 Å². The molecule has 0 amide bonds. The lowest BCUT2D eigenvalue weighted by atomic mass is 9.98. The molecule has 414 valence electrons. The maximum atomic E-state index is 2.45. The zero-order valence-electron chi connectivity index (χ0n) is 50.2. The summed E-state index contributed by atoms with van der Waals surface area (Å²) >= 11 is 0. The van der Waals surface area contributed by atoms with Crippen LogP contribution in [-0.2, 0) is 0 Å². The van der Waals surface area contributed by atoms with Crippen molar-refractivity contribution in [3.63, 3.8) is 0 Å². The van der Waals surface area contributed by atoms with Crippen molar-refractivity contribution in [3.05, 3.63) is 290 Å². The summed E-state index contributed by atoms with van der Waals surface area (Å²) in [5.74, 6) is 0. The van der Waals surface area contributed by atoms with E-state index in [9.17, 15) is 0 Å². The molecule has 0 N–H and O–H groups in total. The minimum Gasteiger partial charge on any atom is -0.314 e. The second kappa shape index (κ2) is 24.7. The van der Waals surface area contributed by atoms with Gasteiger partial charge in [-0.2, -0.15) is 0 Å². The van der Waals surface area contributed by atoms with E-state index in [1.807, 2.05) is 53.7 Å².